The lowest BCUT2D eigenvalue weighted by molar-refractivity contribution is 0.00578. The van der Waals surface area contributed by atoms with E-state index in [9.17, 15) is 9.59 Å². The number of benzene rings is 1. The van der Waals surface area contributed by atoms with Crippen molar-refractivity contribution in [2.45, 2.75) is 105 Å². The van der Waals surface area contributed by atoms with Gasteiger partial charge in [0.25, 0.3) is 5.91 Å². The van der Waals surface area contributed by atoms with Crippen LogP contribution < -0.4 is 5.46 Å². The fourth-order valence-corrected chi connectivity index (χ4v) is 3.56. The second-order valence-corrected chi connectivity index (χ2v) is 12.4. The van der Waals surface area contributed by atoms with E-state index in [-0.39, 0.29) is 17.8 Å². The van der Waals surface area contributed by atoms with Gasteiger partial charge in [0.2, 0.25) is 0 Å². The first kappa shape index (κ1) is 27.9. The van der Waals surface area contributed by atoms with Gasteiger partial charge in [0.15, 0.2) is 5.69 Å². The van der Waals surface area contributed by atoms with Crippen molar-refractivity contribution < 1.29 is 23.6 Å². The molecule has 10 heteroatoms. The molecule has 3 rings (SSSR count). The van der Waals surface area contributed by atoms with Gasteiger partial charge in [-0.3, -0.25) is 4.79 Å². The number of ether oxygens (including phenoxy) is 1. The van der Waals surface area contributed by atoms with Crippen LogP contribution in [0.2, 0.25) is 0 Å². The molecule has 0 bridgehead atoms. The zero-order chi connectivity index (χ0) is 27.3. The maximum Gasteiger partial charge on any atom is 0.494 e. The van der Waals surface area contributed by atoms with Crippen LogP contribution in [0.3, 0.4) is 0 Å². The summed E-state index contributed by atoms with van der Waals surface area (Å²) in [7, 11) is -0.501. The molecule has 0 radical (unpaired) electrons. The predicted molar refractivity (Wildman–Crippen MR) is 138 cm³/mol. The van der Waals surface area contributed by atoms with Crippen LogP contribution in [-0.4, -0.2) is 55.8 Å². The van der Waals surface area contributed by atoms with Gasteiger partial charge in [0, 0.05) is 0 Å². The van der Waals surface area contributed by atoms with Crippen LogP contribution in [-0.2, 0) is 26.1 Å². The molecule has 0 N–H and O–H groups in total. The van der Waals surface area contributed by atoms with Gasteiger partial charge in [0.1, 0.15) is 5.60 Å². The van der Waals surface area contributed by atoms with Crippen LogP contribution in [0.15, 0.2) is 24.4 Å². The average molecular weight is 498 g/mol. The quantitative estimate of drug-likeness (QED) is 0.583. The van der Waals surface area contributed by atoms with Gasteiger partial charge in [-0.1, -0.05) is 23.4 Å². The Morgan fingerprint density at radius 1 is 1.06 bits per heavy atom. The molecule has 9 nitrogen and oxygen atoms in total. The normalized spacial score (nSPS) is 17.2. The zero-order valence-corrected chi connectivity index (χ0v) is 23.4. The van der Waals surface area contributed by atoms with E-state index in [1.807, 2.05) is 73.6 Å². The molecule has 0 atom stereocenters. The highest BCUT2D eigenvalue weighted by Gasteiger charge is 2.51. The van der Waals surface area contributed by atoms with Crippen molar-refractivity contribution in [2.75, 3.05) is 0 Å². The van der Waals surface area contributed by atoms with Crippen LogP contribution in [0, 0.1) is 6.92 Å². The highest BCUT2D eigenvalue weighted by molar-refractivity contribution is 6.62. The molecule has 1 saturated heterocycles. The fraction of sp³-hybridized carbons (Fsp3) is 0.615. The van der Waals surface area contributed by atoms with E-state index < -0.39 is 35.9 Å². The van der Waals surface area contributed by atoms with Crippen molar-refractivity contribution in [3.8, 4) is 0 Å². The van der Waals surface area contributed by atoms with Crippen molar-refractivity contribution in [2.24, 2.45) is 0 Å². The van der Waals surface area contributed by atoms with Crippen molar-refractivity contribution in [3.05, 3.63) is 41.2 Å². The number of carbonyl (C=O) groups is 2. The molecular formula is C26H39BN4O5. The number of imide groups is 1. The summed E-state index contributed by atoms with van der Waals surface area (Å²) in [4.78, 5) is 27.6. The lowest BCUT2D eigenvalue weighted by Gasteiger charge is -2.32. The Morgan fingerprint density at radius 2 is 1.64 bits per heavy atom. The summed E-state index contributed by atoms with van der Waals surface area (Å²) < 4.78 is 19.5. The van der Waals surface area contributed by atoms with Gasteiger partial charge < -0.3 is 14.0 Å². The Morgan fingerprint density at radius 3 is 2.11 bits per heavy atom. The van der Waals surface area contributed by atoms with Crippen LogP contribution in [0.1, 0.15) is 90.9 Å². The molecule has 2 amide bonds. The highest BCUT2D eigenvalue weighted by atomic mass is 16.7. The molecule has 1 fully saturated rings. The summed E-state index contributed by atoms with van der Waals surface area (Å²) in [6, 6.07) is 5.75. The van der Waals surface area contributed by atoms with Crippen LogP contribution >= 0.6 is 0 Å². The molecule has 1 aromatic heterocycles. The lowest BCUT2D eigenvalue weighted by Crippen LogP contribution is -2.41. The van der Waals surface area contributed by atoms with Crippen LogP contribution in [0.5, 0.6) is 0 Å². The maximum absolute atomic E-state index is 13.4. The highest BCUT2D eigenvalue weighted by Crippen LogP contribution is 2.36. The second kappa shape index (κ2) is 9.30. The number of hydrogen-bond donors (Lipinski definition) is 0. The predicted octanol–water partition coefficient (Wildman–Crippen LogP) is 4.22. The first-order chi connectivity index (χ1) is 16.3. The van der Waals surface area contributed by atoms with Crippen molar-refractivity contribution in [1.29, 1.82) is 0 Å². The maximum atomic E-state index is 13.4. The molecule has 1 aliphatic heterocycles. The monoisotopic (exact) mass is 498 g/mol. The number of carbonyl (C=O) groups excluding carboxylic acids is 2. The van der Waals surface area contributed by atoms with Gasteiger partial charge in [-0.25, -0.2) is 14.4 Å². The summed E-state index contributed by atoms with van der Waals surface area (Å²) in [5.74, 6) is -0.575. The molecule has 0 unspecified atom stereocenters. The minimum absolute atomic E-state index is 0.0194. The van der Waals surface area contributed by atoms with Crippen molar-refractivity contribution >= 4 is 24.6 Å². The second-order valence-electron chi connectivity index (χ2n) is 12.4. The number of aryl methyl sites for hydroxylation is 1. The standard InChI is InChI=1S/C26H39BN4O5/c1-17-14-19(27-35-25(8,9)26(10,11)36-27)13-12-18(17)15-30(22(33)34-24(5,6)7)21(32)20-16-31(29-28-20)23(2,3)4/h12-14,16H,15H2,1-11H3. The Balaban J connectivity index is 1.89. The minimum Gasteiger partial charge on any atom is -0.443 e. The van der Waals surface area contributed by atoms with Gasteiger partial charge in [0.05, 0.1) is 29.5 Å². The van der Waals surface area contributed by atoms with Crippen LogP contribution in [0.25, 0.3) is 0 Å². The van der Waals surface area contributed by atoms with Crippen LogP contribution in [0.4, 0.5) is 4.79 Å². The smallest absolute Gasteiger partial charge is 0.443 e. The summed E-state index contributed by atoms with van der Waals surface area (Å²) in [6.07, 6.45) is 0.806. The average Bonchev–Trinajstić information content (AvgIpc) is 3.28. The third kappa shape index (κ3) is 5.98. The number of aromatic nitrogens is 3. The Labute approximate surface area is 214 Å². The number of nitrogens with zero attached hydrogens (tertiary/aromatic N) is 4. The summed E-state index contributed by atoms with van der Waals surface area (Å²) in [5, 5.41) is 8.09. The van der Waals surface area contributed by atoms with E-state index in [1.165, 1.54) is 0 Å². The van der Waals surface area contributed by atoms with E-state index >= 15 is 0 Å². The van der Waals surface area contributed by atoms with Crippen molar-refractivity contribution in [3.63, 3.8) is 0 Å². The molecule has 0 aliphatic carbocycles. The van der Waals surface area contributed by atoms with Crippen molar-refractivity contribution in [1.82, 2.24) is 19.9 Å². The van der Waals surface area contributed by atoms with E-state index in [0.717, 1.165) is 21.5 Å². The van der Waals surface area contributed by atoms with Gasteiger partial charge >= 0.3 is 13.2 Å². The third-order valence-corrected chi connectivity index (χ3v) is 6.48. The molecule has 0 saturated carbocycles. The zero-order valence-electron chi connectivity index (χ0n) is 23.4. The van der Waals surface area contributed by atoms with E-state index in [1.54, 1.807) is 31.6 Å². The third-order valence-electron chi connectivity index (χ3n) is 6.48. The topological polar surface area (TPSA) is 95.8 Å². The minimum atomic E-state index is -0.770. The molecular weight excluding hydrogens is 459 g/mol. The first-order valence-corrected chi connectivity index (χ1v) is 12.2. The Bertz CT molecular complexity index is 1130. The summed E-state index contributed by atoms with van der Waals surface area (Å²) in [6.45, 7) is 21.1. The van der Waals surface area contributed by atoms with E-state index in [2.05, 4.69) is 10.3 Å². The molecule has 0 spiro atoms. The van der Waals surface area contributed by atoms with E-state index in [0.29, 0.717) is 0 Å². The fourth-order valence-electron chi connectivity index (χ4n) is 3.56. The number of hydrogen-bond acceptors (Lipinski definition) is 7. The SMILES string of the molecule is Cc1cc(B2OC(C)(C)C(C)(C)O2)ccc1CN(C(=O)OC(C)(C)C)C(=O)c1cn(C(C)(C)C)nn1. The number of amides is 2. The van der Waals surface area contributed by atoms with E-state index in [4.69, 9.17) is 14.0 Å². The first-order valence-electron chi connectivity index (χ1n) is 12.2. The summed E-state index contributed by atoms with van der Waals surface area (Å²) in [5.41, 5.74) is 0.597. The van der Waals surface area contributed by atoms with Gasteiger partial charge in [-0.2, -0.15) is 0 Å². The molecule has 2 aromatic rings. The molecule has 36 heavy (non-hydrogen) atoms. The Hall–Kier alpha value is -2.72. The molecule has 2 heterocycles. The molecule has 1 aromatic carbocycles. The van der Waals surface area contributed by atoms with Gasteiger partial charge in [-0.05, 0) is 92.8 Å². The lowest BCUT2D eigenvalue weighted by atomic mass is 9.78. The summed E-state index contributed by atoms with van der Waals surface area (Å²) >= 11 is 0. The Kier molecular flexibility index (Phi) is 7.20. The largest absolute Gasteiger partial charge is 0.494 e. The van der Waals surface area contributed by atoms with Gasteiger partial charge in [-0.15, -0.1) is 5.10 Å². The molecule has 1 aliphatic rings. The molecule has 196 valence electrons. The number of rotatable bonds is 4.